The highest BCUT2D eigenvalue weighted by atomic mass is 16.4. The van der Waals surface area contributed by atoms with E-state index in [1.165, 1.54) is 16.7 Å². The molecule has 7 nitrogen and oxygen atoms in total. The van der Waals surface area contributed by atoms with E-state index < -0.39 is 5.97 Å². The third-order valence-corrected chi connectivity index (χ3v) is 7.92. The lowest BCUT2D eigenvalue weighted by molar-refractivity contribution is -0.149. The van der Waals surface area contributed by atoms with Crippen molar-refractivity contribution in [2.24, 2.45) is 23.0 Å². The van der Waals surface area contributed by atoms with Crippen LogP contribution in [0.1, 0.15) is 50.8 Å². The first kappa shape index (κ1) is 23.9. The van der Waals surface area contributed by atoms with Crippen LogP contribution in [0.2, 0.25) is 0 Å². The van der Waals surface area contributed by atoms with Gasteiger partial charge < -0.3 is 15.8 Å². The van der Waals surface area contributed by atoms with Crippen LogP contribution in [0.15, 0.2) is 60.9 Å². The second-order valence-corrected chi connectivity index (χ2v) is 10.3. The van der Waals surface area contributed by atoms with Gasteiger partial charge in [-0.15, -0.1) is 0 Å². The van der Waals surface area contributed by atoms with Gasteiger partial charge in [0, 0.05) is 24.1 Å². The van der Waals surface area contributed by atoms with Gasteiger partial charge in [-0.1, -0.05) is 56.3 Å². The number of carbonyl (C=O) groups excluding carboxylic acids is 1. The Morgan fingerprint density at radius 1 is 1.08 bits per heavy atom. The molecule has 0 saturated heterocycles. The van der Waals surface area contributed by atoms with Gasteiger partial charge in [0.25, 0.3) is 0 Å². The van der Waals surface area contributed by atoms with Crippen LogP contribution in [0.5, 0.6) is 0 Å². The van der Waals surface area contributed by atoms with E-state index in [1.807, 2.05) is 32.0 Å². The molecule has 0 bridgehead atoms. The molecule has 0 aliphatic heterocycles. The summed E-state index contributed by atoms with van der Waals surface area (Å²) in [4.78, 5) is 33.9. The van der Waals surface area contributed by atoms with E-state index in [2.05, 4.69) is 40.3 Å². The average Bonchev–Trinajstić information content (AvgIpc) is 3.41. The van der Waals surface area contributed by atoms with E-state index >= 15 is 0 Å². The number of Topliss-reactive ketones (excluding diaryl/α,β-unsaturated/α-hetero) is 1. The number of pyridine rings is 1. The molecule has 0 spiro atoms. The summed E-state index contributed by atoms with van der Waals surface area (Å²) in [7, 11) is 0. The Morgan fingerprint density at radius 3 is 2.50 bits per heavy atom. The van der Waals surface area contributed by atoms with Gasteiger partial charge in [-0.3, -0.25) is 14.6 Å². The second kappa shape index (κ2) is 8.99. The minimum atomic E-state index is -0.764. The van der Waals surface area contributed by atoms with Crippen molar-refractivity contribution in [2.45, 2.75) is 39.7 Å². The van der Waals surface area contributed by atoms with Gasteiger partial charge >= 0.3 is 5.97 Å². The number of rotatable bonds is 4. The first-order valence-corrected chi connectivity index (χ1v) is 12.2. The number of aliphatic carboxylic acids is 1. The van der Waals surface area contributed by atoms with Crippen LogP contribution in [0.25, 0.3) is 33.5 Å². The largest absolute Gasteiger partial charge is 0.481 e. The Balaban J connectivity index is 0.000000176. The number of nitrogens with zero attached hydrogens (tertiary/aromatic N) is 2. The van der Waals surface area contributed by atoms with Gasteiger partial charge in [0.2, 0.25) is 0 Å². The summed E-state index contributed by atoms with van der Waals surface area (Å²) in [6, 6.07) is 16.4. The summed E-state index contributed by atoms with van der Waals surface area (Å²) in [5, 5.41) is 8.62. The van der Waals surface area contributed by atoms with Gasteiger partial charge in [-0.2, -0.15) is 0 Å². The molecule has 2 aromatic carbocycles. The van der Waals surface area contributed by atoms with Crippen molar-refractivity contribution in [3.8, 4) is 22.5 Å². The minimum absolute atomic E-state index is 0.0665. The maximum absolute atomic E-state index is 11.1. The number of benzene rings is 2. The molecule has 1 saturated carbocycles. The lowest BCUT2D eigenvalue weighted by Gasteiger charge is -2.50. The standard InChI is InChI=1S/C19H14N4.C10H16O3/c20-18-12-5-2-1-4-11(12)17-13(18)6-3-7-14(17)19-22-15-8-9-21-10-16(15)23-19;1-6(11)8-4-7(5-9(12)13)10(8,2)3/h1-10,18H,20H2,(H,22,23);7-8H,4-5H2,1-3H3,(H,12,13). The molecule has 36 heavy (non-hydrogen) atoms. The van der Waals surface area contributed by atoms with Crippen LogP contribution in [0.3, 0.4) is 0 Å². The van der Waals surface area contributed by atoms with Crippen molar-refractivity contribution in [3.63, 3.8) is 0 Å². The topological polar surface area (TPSA) is 122 Å². The molecule has 0 amide bonds. The number of nitrogens with two attached hydrogens (primary N) is 1. The zero-order valence-electron chi connectivity index (χ0n) is 20.7. The number of hydrogen-bond acceptors (Lipinski definition) is 5. The Bertz CT molecular complexity index is 1440. The van der Waals surface area contributed by atoms with Crippen LogP contribution in [-0.4, -0.2) is 31.8 Å². The quantitative estimate of drug-likeness (QED) is 0.360. The van der Waals surface area contributed by atoms with E-state index in [0.29, 0.717) is 0 Å². The number of carboxylic acid groups (broad SMARTS) is 1. The van der Waals surface area contributed by atoms with E-state index in [-0.39, 0.29) is 35.5 Å². The van der Waals surface area contributed by atoms with Crippen molar-refractivity contribution in [1.82, 2.24) is 15.0 Å². The number of aromatic amines is 1. The normalized spacial score (nSPS) is 21.1. The predicted molar refractivity (Wildman–Crippen MR) is 139 cm³/mol. The molecule has 3 unspecified atom stereocenters. The highest BCUT2D eigenvalue weighted by Gasteiger charge is 2.50. The Hall–Kier alpha value is -3.84. The zero-order valence-corrected chi connectivity index (χ0v) is 20.7. The van der Waals surface area contributed by atoms with Crippen molar-refractivity contribution in [3.05, 3.63) is 72.1 Å². The van der Waals surface area contributed by atoms with Gasteiger partial charge in [-0.25, -0.2) is 4.98 Å². The fourth-order valence-corrected chi connectivity index (χ4v) is 5.74. The predicted octanol–water partition coefficient (Wildman–Crippen LogP) is 5.37. The van der Waals surface area contributed by atoms with Crippen molar-refractivity contribution < 1.29 is 14.7 Å². The number of ketones is 1. The van der Waals surface area contributed by atoms with Crippen molar-refractivity contribution in [1.29, 1.82) is 0 Å². The van der Waals surface area contributed by atoms with E-state index in [0.717, 1.165) is 34.4 Å². The number of aromatic nitrogens is 3. The molecule has 7 heteroatoms. The average molecular weight is 483 g/mol. The summed E-state index contributed by atoms with van der Waals surface area (Å²) in [5.74, 6) is 0.510. The number of imidazole rings is 1. The molecule has 6 rings (SSSR count). The molecular formula is C29H30N4O3. The summed E-state index contributed by atoms with van der Waals surface area (Å²) >= 11 is 0. The molecule has 1 fully saturated rings. The van der Waals surface area contributed by atoms with Crippen LogP contribution in [-0.2, 0) is 9.59 Å². The fourth-order valence-electron chi connectivity index (χ4n) is 5.74. The molecule has 184 valence electrons. The Morgan fingerprint density at radius 2 is 1.81 bits per heavy atom. The summed E-state index contributed by atoms with van der Waals surface area (Å²) in [5.41, 5.74) is 14.0. The molecule has 4 N–H and O–H groups in total. The minimum Gasteiger partial charge on any atom is -0.481 e. The summed E-state index contributed by atoms with van der Waals surface area (Å²) < 4.78 is 0. The first-order valence-electron chi connectivity index (χ1n) is 12.2. The van der Waals surface area contributed by atoms with Crippen molar-refractivity contribution >= 4 is 22.8 Å². The van der Waals surface area contributed by atoms with Gasteiger partial charge in [0.15, 0.2) is 0 Å². The maximum Gasteiger partial charge on any atom is 0.303 e. The zero-order chi connectivity index (χ0) is 25.6. The Kier molecular flexibility index (Phi) is 5.96. The monoisotopic (exact) mass is 482 g/mol. The number of H-pyrrole nitrogens is 1. The smallest absolute Gasteiger partial charge is 0.303 e. The van der Waals surface area contributed by atoms with Gasteiger partial charge in [0.1, 0.15) is 11.6 Å². The van der Waals surface area contributed by atoms with Crippen molar-refractivity contribution in [2.75, 3.05) is 0 Å². The molecule has 4 aromatic rings. The molecule has 2 aliphatic rings. The van der Waals surface area contributed by atoms with Crippen LogP contribution >= 0.6 is 0 Å². The fraction of sp³-hybridized carbons (Fsp3) is 0.310. The number of carboxylic acids is 1. The third kappa shape index (κ3) is 3.99. The van der Waals surface area contributed by atoms with Gasteiger partial charge in [0.05, 0.1) is 23.3 Å². The Labute approximate surface area is 209 Å². The number of hydrogen-bond donors (Lipinski definition) is 3. The van der Waals surface area contributed by atoms with E-state index in [4.69, 9.17) is 15.8 Å². The van der Waals surface area contributed by atoms with Crippen LogP contribution in [0.4, 0.5) is 0 Å². The summed E-state index contributed by atoms with van der Waals surface area (Å²) in [6.45, 7) is 5.55. The molecule has 0 radical (unpaired) electrons. The summed E-state index contributed by atoms with van der Waals surface area (Å²) in [6.07, 6.45) is 4.49. The highest BCUT2D eigenvalue weighted by molar-refractivity contribution is 5.91. The molecule has 3 atom stereocenters. The van der Waals surface area contributed by atoms with Gasteiger partial charge in [-0.05, 0) is 53.0 Å². The second-order valence-electron chi connectivity index (χ2n) is 10.3. The van der Waals surface area contributed by atoms with Crippen LogP contribution < -0.4 is 5.73 Å². The van der Waals surface area contributed by atoms with Crippen LogP contribution in [0, 0.1) is 17.3 Å². The molecule has 2 aromatic heterocycles. The highest BCUT2D eigenvalue weighted by Crippen LogP contribution is 2.53. The number of fused-ring (bicyclic) bond motifs is 4. The third-order valence-electron chi connectivity index (χ3n) is 7.92. The number of nitrogens with one attached hydrogen (secondary N) is 1. The van der Waals surface area contributed by atoms with E-state index in [9.17, 15) is 9.59 Å². The lowest BCUT2D eigenvalue weighted by atomic mass is 9.53. The molecule has 2 aliphatic carbocycles. The first-order chi connectivity index (χ1) is 17.2. The molecular weight excluding hydrogens is 452 g/mol. The lowest BCUT2D eigenvalue weighted by Crippen LogP contribution is -2.48. The SMILES string of the molecule is CC(=O)C1CC(CC(=O)O)C1(C)C.NC1c2ccccc2-c2c(-c3nc4ccncc4[nH]3)cccc21. The van der Waals surface area contributed by atoms with E-state index in [1.54, 1.807) is 19.3 Å². The number of carbonyl (C=O) groups is 2. The molecule has 2 heterocycles. The maximum atomic E-state index is 11.1.